The molecule has 2 aliphatic rings. The molecule has 2 aliphatic heterocycles. The summed E-state index contributed by atoms with van der Waals surface area (Å²) in [6.45, 7) is 7.51. The predicted octanol–water partition coefficient (Wildman–Crippen LogP) is 0.970. The molecule has 0 aromatic carbocycles. The summed E-state index contributed by atoms with van der Waals surface area (Å²) in [7, 11) is 0. The molecule has 3 unspecified atom stereocenters. The molecule has 4 heterocycles. The molecule has 0 bridgehead atoms. The normalized spacial score (nSPS) is 30.2. The lowest BCUT2D eigenvalue weighted by Crippen LogP contribution is -2.33. The van der Waals surface area contributed by atoms with E-state index in [4.69, 9.17) is 4.52 Å². The molecule has 4 rings (SSSR count). The minimum absolute atomic E-state index is 0.493. The minimum atomic E-state index is 0.493. The summed E-state index contributed by atoms with van der Waals surface area (Å²) >= 11 is 0. The van der Waals surface area contributed by atoms with Crippen molar-refractivity contribution in [2.75, 3.05) is 24.5 Å². The quantitative estimate of drug-likeness (QED) is 0.823. The molecule has 6 nitrogen and oxygen atoms in total. The third kappa shape index (κ3) is 1.49. The lowest BCUT2D eigenvalue weighted by atomic mass is 9.95. The fourth-order valence-corrected chi connectivity index (χ4v) is 3.57. The first-order valence-corrected chi connectivity index (χ1v) is 6.80. The maximum Gasteiger partial charge on any atom is 0.263 e. The highest BCUT2D eigenvalue weighted by Crippen LogP contribution is 2.37. The second-order valence-electron chi connectivity index (χ2n) is 5.62. The largest absolute Gasteiger partial charge is 0.352 e. The van der Waals surface area contributed by atoms with Gasteiger partial charge in [0.1, 0.15) is 17.5 Å². The standard InChI is InChI=1S/C13H17N5O/c1-7-11-12(15-6-16-13(11)19-17-7)18-5-9-3-14-4-10(9)8(18)2/h6,8-10,14H,3-5H2,1-2H3. The van der Waals surface area contributed by atoms with Crippen LogP contribution in [0.1, 0.15) is 12.6 Å². The molecule has 2 fully saturated rings. The Bertz CT molecular complexity index is 625. The Morgan fingerprint density at radius 1 is 1.37 bits per heavy atom. The zero-order valence-corrected chi connectivity index (χ0v) is 11.1. The Hall–Kier alpha value is -1.69. The Labute approximate surface area is 111 Å². The van der Waals surface area contributed by atoms with Crippen molar-refractivity contribution in [2.45, 2.75) is 19.9 Å². The van der Waals surface area contributed by atoms with Crippen LogP contribution in [0.25, 0.3) is 11.1 Å². The SMILES string of the molecule is Cc1noc2ncnc(N3CC4CNCC4C3C)c12. The Morgan fingerprint density at radius 3 is 3.11 bits per heavy atom. The van der Waals surface area contributed by atoms with E-state index in [1.807, 2.05) is 6.92 Å². The molecule has 2 aromatic rings. The smallest absolute Gasteiger partial charge is 0.263 e. The number of aryl methyl sites for hydroxylation is 1. The van der Waals surface area contributed by atoms with Gasteiger partial charge in [-0.3, -0.25) is 0 Å². The van der Waals surface area contributed by atoms with Gasteiger partial charge in [0.25, 0.3) is 5.71 Å². The van der Waals surface area contributed by atoms with E-state index in [0.29, 0.717) is 17.7 Å². The molecule has 100 valence electrons. The zero-order valence-electron chi connectivity index (χ0n) is 11.1. The van der Waals surface area contributed by atoms with Crippen LogP contribution in [0.4, 0.5) is 5.82 Å². The summed E-state index contributed by atoms with van der Waals surface area (Å²) in [5.41, 5.74) is 1.46. The highest BCUT2D eigenvalue weighted by molar-refractivity contribution is 5.88. The van der Waals surface area contributed by atoms with Gasteiger partial charge < -0.3 is 14.7 Å². The summed E-state index contributed by atoms with van der Waals surface area (Å²) in [6.07, 6.45) is 1.57. The topological polar surface area (TPSA) is 67.1 Å². The highest BCUT2D eigenvalue weighted by atomic mass is 16.5. The summed E-state index contributed by atoms with van der Waals surface area (Å²) in [5.74, 6) is 2.41. The third-order valence-electron chi connectivity index (χ3n) is 4.63. The number of nitrogens with zero attached hydrogens (tertiary/aromatic N) is 4. The molecule has 3 atom stereocenters. The second kappa shape index (κ2) is 3.90. The summed E-state index contributed by atoms with van der Waals surface area (Å²) in [6, 6.07) is 0.493. The van der Waals surface area contributed by atoms with Crippen LogP contribution in [0, 0.1) is 18.8 Å². The van der Waals surface area contributed by atoms with Crippen LogP contribution in [0.2, 0.25) is 0 Å². The van der Waals surface area contributed by atoms with Crippen LogP contribution in [-0.2, 0) is 0 Å². The molecule has 0 radical (unpaired) electrons. The summed E-state index contributed by atoms with van der Waals surface area (Å²) < 4.78 is 5.24. The first-order valence-electron chi connectivity index (χ1n) is 6.80. The Balaban J connectivity index is 1.81. The van der Waals surface area contributed by atoms with Gasteiger partial charge in [0.2, 0.25) is 0 Å². The van der Waals surface area contributed by atoms with E-state index >= 15 is 0 Å². The van der Waals surface area contributed by atoms with Crippen LogP contribution in [0.3, 0.4) is 0 Å². The monoisotopic (exact) mass is 259 g/mol. The Kier molecular flexibility index (Phi) is 2.29. The molecule has 0 aliphatic carbocycles. The van der Waals surface area contributed by atoms with Crippen molar-refractivity contribution in [3.63, 3.8) is 0 Å². The average molecular weight is 259 g/mol. The van der Waals surface area contributed by atoms with Gasteiger partial charge in [-0.05, 0) is 25.7 Å². The number of nitrogens with one attached hydrogen (secondary N) is 1. The maximum atomic E-state index is 5.24. The van der Waals surface area contributed by atoms with Gasteiger partial charge >= 0.3 is 0 Å². The van der Waals surface area contributed by atoms with Gasteiger partial charge in [-0.25, -0.2) is 4.98 Å². The van der Waals surface area contributed by atoms with Crippen LogP contribution in [0.15, 0.2) is 10.9 Å². The van der Waals surface area contributed by atoms with E-state index < -0.39 is 0 Å². The molecule has 6 heteroatoms. The van der Waals surface area contributed by atoms with E-state index in [1.54, 1.807) is 6.33 Å². The molecule has 0 spiro atoms. The Morgan fingerprint density at radius 2 is 2.26 bits per heavy atom. The van der Waals surface area contributed by atoms with Crippen molar-refractivity contribution in [2.24, 2.45) is 11.8 Å². The van der Waals surface area contributed by atoms with Crippen LogP contribution in [0.5, 0.6) is 0 Å². The summed E-state index contributed by atoms with van der Waals surface area (Å²) in [5, 5.41) is 8.45. The van der Waals surface area contributed by atoms with Crippen LogP contribution < -0.4 is 10.2 Å². The first-order chi connectivity index (χ1) is 9.25. The number of rotatable bonds is 1. The maximum absolute atomic E-state index is 5.24. The van der Waals surface area contributed by atoms with Crippen molar-refractivity contribution in [1.29, 1.82) is 0 Å². The number of hydrogen-bond donors (Lipinski definition) is 1. The first kappa shape index (κ1) is 11.2. The molecular weight excluding hydrogens is 242 g/mol. The van der Waals surface area contributed by atoms with Crippen molar-refractivity contribution in [3.8, 4) is 0 Å². The lowest BCUT2D eigenvalue weighted by molar-refractivity contribution is 0.442. The molecule has 19 heavy (non-hydrogen) atoms. The highest BCUT2D eigenvalue weighted by Gasteiger charge is 2.43. The molecule has 0 saturated carbocycles. The molecule has 0 amide bonds. The zero-order chi connectivity index (χ0) is 13.0. The number of aromatic nitrogens is 3. The van der Waals surface area contributed by atoms with Gasteiger partial charge in [-0.1, -0.05) is 5.16 Å². The average Bonchev–Trinajstić information content (AvgIpc) is 3.08. The van der Waals surface area contributed by atoms with Crippen molar-refractivity contribution in [3.05, 3.63) is 12.0 Å². The van der Waals surface area contributed by atoms with E-state index in [1.165, 1.54) is 0 Å². The van der Waals surface area contributed by atoms with Gasteiger partial charge in [-0.15, -0.1) is 0 Å². The van der Waals surface area contributed by atoms with E-state index in [0.717, 1.165) is 42.5 Å². The molecule has 1 N–H and O–H groups in total. The van der Waals surface area contributed by atoms with E-state index in [9.17, 15) is 0 Å². The van der Waals surface area contributed by atoms with E-state index in [2.05, 4.69) is 32.3 Å². The van der Waals surface area contributed by atoms with Crippen LogP contribution >= 0.6 is 0 Å². The van der Waals surface area contributed by atoms with Crippen LogP contribution in [-0.4, -0.2) is 40.8 Å². The van der Waals surface area contributed by atoms with Gasteiger partial charge in [-0.2, -0.15) is 4.98 Å². The van der Waals surface area contributed by atoms with Crippen molar-refractivity contribution >= 4 is 16.9 Å². The fourth-order valence-electron chi connectivity index (χ4n) is 3.57. The van der Waals surface area contributed by atoms with Crippen molar-refractivity contribution in [1.82, 2.24) is 20.4 Å². The molecular formula is C13H17N5O. The van der Waals surface area contributed by atoms with E-state index in [-0.39, 0.29) is 0 Å². The van der Waals surface area contributed by atoms with Crippen molar-refractivity contribution < 1.29 is 4.52 Å². The lowest BCUT2D eigenvalue weighted by Gasteiger charge is -2.25. The van der Waals surface area contributed by atoms with Gasteiger partial charge in [0, 0.05) is 25.7 Å². The van der Waals surface area contributed by atoms with Gasteiger partial charge in [0.05, 0.1) is 5.69 Å². The third-order valence-corrected chi connectivity index (χ3v) is 4.63. The van der Waals surface area contributed by atoms with Gasteiger partial charge in [0.15, 0.2) is 0 Å². The number of fused-ring (bicyclic) bond motifs is 2. The predicted molar refractivity (Wildman–Crippen MR) is 71.0 cm³/mol. The molecule has 2 saturated heterocycles. The summed E-state index contributed by atoms with van der Waals surface area (Å²) in [4.78, 5) is 11.0. The fraction of sp³-hybridized carbons (Fsp3) is 0.615. The second-order valence-corrected chi connectivity index (χ2v) is 5.62. The molecule has 2 aromatic heterocycles. The minimum Gasteiger partial charge on any atom is -0.352 e. The number of hydrogen-bond acceptors (Lipinski definition) is 6. The number of anilines is 1.